The molecule has 120 valence electrons. The fourth-order valence-electron chi connectivity index (χ4n) is 2.20. The number of aromatic nitrogens is 2. The van der Waals surface area contributed by atoms with E-state index in [9.17, 15) is 4.79 Å². The molecule has 1 atom stereocenters. The van der Waals surface area contributed by atoms with E-state index >= 15 is 0 Å². The third-order valence-corrected chi connectivity index (χ3v) is 4.93. The van der Waals surface area contributed by atoms with Crippen molar-refractivity contribution in [2.75, 3.05) is 17.3 Å². The monoisotopic (exact) mass is 346 g/mol. The Hall–Kier alpha value is -1.83. The minimum Gasteiger partial charge on any atom is -0.325 e. The normalized spacial score (nSPS) is 12.4. The number of amides is 1. The first kappa shape index (κ1) is 16.0. The SMILES string of the molecule is CSCC[C@H](N)C(=O)Nc1ccc(-c2cn3ccsc3n2)cc1. The summed E-state index contributed by atoms with van der Waals surface area (Å²) in [5.41, 5.74) is 8.56. The van der Waals surface area contributed by atoms with Crippen molar-refractivity contribution >= 4 is 39.7 Å². The summed E-state index contributed by atoms with van der Waals surface area (Å²) in [7, 11) is 0. The molecule has 1 amide bonds. The molecule has 0 bridgehead atoms. The molecule has 0 aliphatic heterocycles. The lowest BCUT2D eigenvalue weighted by Crippen LogP contribution is -2.36. The molecule has 0 aliphatic rings. The third kappa shape index (κ3) is 3.74. The Morgan fingerprint density at radius 2 is 2.22 bits per heavy atom. The molecule has 7 heteroatoms. The van der Waals surface area contributed by atoms with Gasteiger partial charge in [0, 0.05) is 29.0 Å². The van der Waals surface area contributed by atoms with Crippen molar-refractivity contribution in [3.63, 3.8) is 0 Å². The van der Waals surface area contributed by atoms with E-state index < -0.39 is 6.04 Å². The van der Waals surface area contributed by atoms with Crippen LogP contribution >= 0.6 is 23.1 Å². The second-order valence-electron chi connectivity index (χ2n) is 5.17. The van der Waals surface area contributed by atoms with Crippen LogP contribution < -0.4 is 11.1 Å². The van der Waals surface area contributed by atoms with Gasteiger partial charge in [0.1, 0.15) is 0 Å². The van der Waals surface area contributed by atoms with Crippen molar-refractivity contribution < 1.29 is 4.79 Å². The molecule has 2 aromatic heterocycles. The average Bonchev–Trinajstić information content (AvgIpc) is 3.15. The van der Waals surface area contributed by atoms with Gasteiger partial charge in [0.05, 0.1) is 11.7 Å². The van der Waals surface area contributed by atoms with Gasteiger partial charge in [-0.25, -0.2) is 4.98 Å². The Balaban J connectivity index is 1.67. The van der Waals surface area contributed by atoms with Crippen molar-refractivity contribution in [3.8, 4) is 11.3 Å². The van der Waals surface area contributed by atoms with Gasteiger partial charge in [-0.2, -0.15) is 11.8 Å². The van der Waals surface area contributed by atoms with Gasteiger partial charge in [0.25, 0.3) is 0 Å². The molecule has 0 unspecified atom stereocenters. The Morgan fingerprint density at radius 1 is 1.43 bits per heavy atom. The van der Waals surface area contributed by atoms with Crippen LogP contribution in [-0.2, 0) is 4.79 Å². The molecule has 0 saturated heterocycles. The fraction of sp³-hybridized carbons (Fsp3) is 0.250. The molecule has 0 aliphatic carbocycles. The lowest BCUT2D eigenvalue weighted by atomic mass is 10.1. The molecule has 0 fully saturated rings. The topological polar surface area (TPSA) is 72.4 Å². The van der Waals surface area contributed by atoms with E-state index in [0.29, 0.717) is 6.42 Å². The zero-order chi connectivity index (χ0) is 16.2. The van der Waals surface area contributed by atoms with Crippen LogP contribution in [0.5, 0.6) is 0 Å². The zero-order valence-corrected chi connectivity index (χ0v) is 14.4. The minimum atomic E-state index is -0.470. The van der Waals surface area contributed by atoms with Crippen LogP contribution in [0.15, 0.2) is 42.0 Å². The second-order valence-corrected chi connectivity index (χ2v) is 7.03. The Kier molecular flexibility index (Phi) is 5.00. The molecular weight excluding hydrogens is 328 g/mol. The number of carbonyl (C=O) groups excluding carboxylic acids is 1. The summed E-state index contributed by atoms with van der Waals surface area (Å²) in [6.07, 6.45) is 6.67. The summed E-state index contributed by atoms with van der Waals surface area (Å²) >= 11 is 3.29. The highest BCUT2D eigenvalue weighted by Gasteiger charge is 2.13. The summed E-state index contributed by atoms with van der Waals surface area (Å²) in [5, 5.41) is 4.86. The summed E-state index contributed by atoms with van der Waals surface area (Å²) in [6, 6.07) is 7.19. The van der Waals surface area contributed by atoms with Gasteiger partial charge in [0.2, 0.25) is 5.91 Å². The van der Waals surface area contributed by atoms with Gasteiger partial charge in [-0.15, -0.1) is 11.3 Å². The Bertz CT molecular complexity index is 765. The van der Waals surface area contributed by atoms with Crippen molar-refractivity contribution in [2.24, 2.45) is 5.73 Å². The summed E-state index contributed by atoms with van der Waals surface area (Å²) in [4.78, 5) is 17.5. The molecule has 3 N–H and O–H groups in total. The number of carbonyl (C=O) groups is 1. The first-order chi connectivity index (χ1) is 11.2. The molecule has 2 heterocycles. The van der Waals surface area contributed by atoms with E-state index in [2.05, 4.69) is 10.3 Å². The van der Waals surface area contributed by atoms with Crippen molar-refractivity contribution in [2.45, 2.75) is 12.5 Å². The van der Waals surface area contributed by atoms with E-state index in [4.69, 9.17) is 5.73 Å². The van der Waals surface area contributed by atoms with E-state index in [-0.39, 0.29) is 5.91 Å². The van der Waals surface area contributed by atoms with Gasteiger partial charge in [-0.05, 0) is 30.6 Å². The van der Waals surface area contributed by atoms with Crippen molar-refractivity contribution in [3.05, 3.63) is 42.0 Å². The van der Waals surface area contributed by atoms with Gasteiger partial charge in [0.15, 0.2) is 4.96 Å². The summed E-state index contributed by atoms with van der Waals surface area (Å²) in [5.74, 6) is 0.736. The predicted molar refractivity (Wildman–Crippen MR) is 98.1 cm³/mol. The lowest BCUT2D eigenvalue weighted by Gasteiger charge is -2.11. The maximum Gasteiger partial charge on any atom is 0.241 e. The van der Waals surface area contributed by atoms with Crippen LogP contribution in [0, 0.1) is 0 Å². The highest BCUT2D eigenvalue weighted by molar-refractivity contribution is 7.98. The number of imidazole rings is 1. The van der Waals surface area contributed by atoms with Crippen LogP contribution in [0.2, 0.25) is 0 Å². The zero-order valence-electron chi connectivity index (χ0n) is 12.7. The molecule has 5 nitrogen and oxygen atoms in total. The number of fused-ring (bicyclic) bond motifs is 1. The van der Waals surface area contributed by atoms with Crippen molar-refractivity contribution in [1.29, 1.82) is 0 Å². The molecule has 0 spiro atoms. The Labute approximate surface area is 142 Å². The molecular formula is C16H18N4OS2. The minimum absolute atomic E-state index is 0.144. The molecule has 0 radical (unpaired) electrons. The number of hydrogen-bond donors (Lipinski definition) is 2. The van der Waals surface area contributed by atoms with Crippen LogP contribution in [0.25, 0.3) is 16.2 Å². The van der Waals surface area contributed by atoms with Crippen LogP contribution in [0.1, 0.15) is 6.42 Å². The number of thiazole rings is 1. The third-order valence-electron chi connectivity index (χ3n) is 3.51. The number of thioether (sulfide) groups is 1. The fourth-order valence-corrected chi connectivity index (χ4v) is 3.39. The van der Waals surface area contributed by atoms with E-state index in [0.717, 1.165) is 27.7 Å². The number of rotatable bonds is 6. The predicted octanol–water partition coefficient (Wildman–Crippen LogP) is 3.08. The van der Waals surface area contributed by atoms with Crippen molar-refractivity contribution in [1.82, 2.24) is 9.38 Å². The number of nitrogens with zero attached hydrogens (tertiary/aromatic N) is 2. The summed E-state index contributed by atoms with van der Waals surface area (Å²) in [6.45, 7) is 0. The number of nitrogens with one attached hydrogen (secondary N) is 1. The number of anilines is 1. The van der Waals surface area contributed by atoms with Crippen LogP contribution in [-0.4, -0.2) is 33.3 Å². The highest BCUT2D eigenvalue weighted by Crippen LogP contribution is 2.23. The quantitative estimate of drug-likeness (QED) is 0.719. The first-order valence-corrected chi connectivity index (χ1v) is 9.53. The van der Waals surface area contributed by atoms with Gasteiger partial charge >= 0.3 is 0 Å². The smallest absolute Gasteiger partial charge is 0.241 e. The molecule has 0 saturated carbocycles. The van der Waals surface area contributed by atoms with Gasteiger partial charge < -0.3 is 11.1 Å². The molecule has 3 aromatic rings. The van der Waals surface area contributed by atoms with Crippen LogP contribution in [0.3, 0.4) is 0 Å². The van der Waals surface area contributed by atoms with Gasteiger partial charge in [-0.3, -0.25) is 9.20 Å². The largest absolute Gasteiger partial charge is 0.325 e. The lowest BCUT2D eigenvalue weighted by molar-refractivity contribution is -0.117. The standard InChI is InChI=1S/C16H18N4OS2/c1-22-8-6-13(17)15(21)18-12-4-2-11(3-5-12)14-10-20-7-9-23-16(20)19-14/h2-5,7,9-10,13H,6,8,17H2,1H3,(H,18,21)/t13-/m0/s1. The number of hydrogen-bond acceptors (Lipinski definition) is 5. The Morgan fingerprint density at radius 3 is 2.91 bits per heavy atom. The van der Waals surface area contributed by atoms with E-state index in [1.54, 1.807) is 23.1 Å². The average molecular weight is 346 g/mol. The van der Waals surface area contributed by atoms with E-state index in [1.165, 1.54) is 0 Å². The van der Waals surface area contributed by atoms with E-state index in [1.807, 2.05) is 52.7 Å². The number of benzene rings is 1. The first-order valence-electron chi connectivity index (χ1n) is 7.25. The molecule has 23 heavy (non-hydrogen) atoms. The maximum atomic E-state index is 12.0. The molecule has 3 rings (SSSR count). The number of nitrogens with two attached hydrogens (primary N) is 1. The van der Waals surface area contributed by atoms with Crippen LogP contribution in [0.4, 0.5) is 5.69 Å². The highest BCUT2D eigenvalue weighted by atomic mass is 32.2. The molecule has 1 aromatic carbocycles. The summed E-state index contributed by atoms with van der Waals surface area (Å²) < 4.78 is 2.00. The second kappa shape index (κ2) is 7.16. The van der Waals surface area contributed by atoms with Gasteiger partial charge in [-0.1, -0.05) is 12.1 Å². The maximum absolute atomic E-state index is 12.0.